The highest BCUT2D eigenvalue weighted by Gasteiger charge is 2.33. The van der Waals surface area contributed by atoms with E-state index in [2.05, 4.69) is 23.6 Å². The summed E-state index contributed by atoms with van der Waals surface area (Å²) in [6.07, 6.45) is 1.33. The zero-order valence-electron chi connectivity index (χ0n) is 20.2. The van der Waals surface area contributed by atoms with Crippen LogP contribution in [0.2, 0.25) is 0 Å². The number of hydrogen-bond acceptors (Lipinski definition) is 5. The van der Waals surface area contributed by atoms with Gasteiger partial charge in [-0.25, -0.2) is 4.79 Å². The van der Waals surface area contributed by atoms with E-state index in [0.29, 0.717) is 48.4 Å². The monoisotopic (exact) mass is 499 g/mol. The van der Waals surface area contributed by atoms with E-state index >= 15 is 0 Å². The molecule has 184 valence electrons. The lowest BCUT2D eigenvalue weighted by Crippen LogP contribution is -2.41. The Balaban J connectivity index is 1.51. The molecule has 3 amide bonds. The zero-order valence-corrected chi connectivity index (χ0v) is 21.0. The number of rotatable bonds is 8. The Morgan fingerprint density at radius 3 is 2.44 bits per heavy atom. The number of benzene rings is 3. The minimum absolute atomic E-state index is 0.0906. The van der Waals surface area contributed by atoms with Crippen molar-refractivity contribution in [3.05, 3.63) is 89.0 Å². The maximum Gasteiger partial charge on any atom is 0.323 e. The van der Waals surface area contributed by atoms with Gasteiger partial charge in [0.1, 0.15) is 0 Å². The van der Waals surface area contributed by atoms with Gasteiger partial charge in [0.05, 0.1) is 17.7 Å². The number of nitriles is 1. The van der Waals surface area contributed by atoms with Crippen molar-refractivity contribution in [1.29, 1.82) is 5.26 Å². The first-order chi connectivity index (χ1) is 17.5. The number of carbonyl (C=O) groups is 2. The molecule has 0 radical (unpaired) electrons. The second-order valence-electron chi connectivity index (χ2n) is 8.50. The van der Waals surface area contributed by atoms with Crippen molar-refractivity contribution in [1.82, 2.24) is 4.90 Å². The summed E-state index contributed by atoms with van der Waals surface area (Å²) >= 11 is 1.74. The molecule has 1 heterocycles. The molecule has 1 unspecified atom stereocenters. The van der Waals surface area contributed by atoms with Crippen LogP contribution in [0.1, 0.15) is 46.4 Å². The Bertz CT molecular complexity index is 1270. The molecule has 0 aromatic heterocycles. The molecule has 0 bridgehead atoms. The van der Waals surface area contributed by atoms with E-state index in [1.165, 1.54) is 0 Å². The lowest BCUT2D eigenvalue weighted by Gasteiger charge is -2.37. The zero-order chi connectivity index (χ0) is 25.5. The van der Waals surface area contributed by atoms with Crippen LogP contribution in [0.3, 0.4) is 0 Å². The standard InChI is InChI=1S/C28H29N5O2S/c1-2-36-24-12-10-22(11-13-24)31-28(35)32-23-9-8-21-16-26(20-6-4-19(18-30)5-7-20)33(15-3-14-29)27(34)25(21)17-23/h4-13,17,26H,2-3,14-16,29H2,1H3,(H2,31,32,35). The van der Waals surface area contributed by atoms with Crippen LogP contribution >= 0.6 is 11.8 Å². The molecule has 0 spiro atoms. The second-order valence-corrected chi connectivity index (χ2v) is 9.84. The van der Waals surface area contributed by atoms with Gasteiger partial charge in [0.25, 0.3) is 5.91 Å². The molecule has 0 aliphatic carbocycles. The van der Waals surface area contributed by atoms with Crippen molar-refractivity contribution in [2.75, 3.05) is 29.5 Å². The fourth-order valence-corrected chi connectivity index (χ4v) is 5.00. The van der Waals surface area contributed by atoms with Crippen LogP contribution in [0.4, 0.5) is 16.2 Å². The summed E-state index contributed by atoms with van der Waals surface area (Å²) in [4.78, 5) is 29.1. The van der Waals surface area contributed by atoms with Crippen LogP contribution in [-0.2, 0) is 6.42 Å². The predicted molar refractivity (Wildman–Crippen MR) is 144 cm³/mol. The van der Waals surface area contributed by atoms with Gasteiger partial charge in [-0.1, -0.05) is 25.1 Å². The number of nitrogens with zero attached hydrogens (tertiary/aromatic N) is 2. The number of anilines is 2. The average Bonchev–Trinajstić information content (AvgIpc) is 2.89. The summed E-state index contributed by atoms with van der Waals surface area (Å²) in [6.45, 7) is 3.11. The molecule has 0 saturated heterocycles. The van der Waals surface area contributed by atoms with Gasteiger partial charge in [0.15, 0.2) is 0 Å². The van der Waals surface area contributed by atoms with Crippen LogP contribution < -0.4 is 16.4 Å². The van der Waals surface area contributed by atoms with Gasteiger partial charge in [-0.15, -0.1) is 11.8 Å². The average molecular weight is 500 g/mol. The van der Waals surface area contributed by atoms with E-state index in [4.69, 9.17) is 11.0 Å². The summed E-state index contributed by atoms with van der Waals surface area (Å²) in [5, 5.41) is 14.8. The van der Waals surface area contributed by atoms with Gasteiger partial charge in [-0.3, -0.25) is 4.79 Å². The van der Waals surface area contributed by atoms with Crippen molar-refractivity contribution < 1.29 is 9.59 Å². The summed E-state index contributed by atoms with van der Waals surface area (Å²) in [7, 11) is 0. The fourth-order valence-electron chi connectivity index (χ4n) is 4.34. The summed E-state index contributed by atoms with van der Waals surface area (Å²) < 4.78 is 0. The van der Waals surface area contributed by atoms with Crippen LogP contribution in [0.15, 0.2) is 71.6 Å². The Kier molecular flexibility index (Phi) is 8.26. The van der Waals surface area contributed by atoms with E-state index in [1.807, 2.05) is 53.4 Å². The number of nitrogens with two attached hydrogens (primary N) is 1. The van der Waals surface area contributed by atoms with E-state index in [-0.39, 0.29) is 18.0 Å². The van der Waals surface area contributed by atoms with Crippen molar-refractivity contribution in [3.63, 3.8) is 0 Å². The van der Waals surface area contributed by atoms with Gasteiger partial charge >= 0.3 is 6.03 Å². The normalized spacial score (nSPS) is 14.6. The minimum atomic E-state index is -0.371. The maximum atomic E-state index is 13.5. The first-order valence-electron chi connectivity index (χ1n) is 12.0. The molecule has 3 aromatic carbocycles. The summed E-state index contributed by atoms with van der Waals surface area (Å²) in [5.74, 6) is 0.898. The number of hydrogen-bond donors (Lipinski definition) is 3. The van der Waals surface area contributed by atoms with Crippen LogP contribution in [0.5, 0.6) is 0 Å². The van der Waals surface area contributed by atoms with Crippen molar-refractivity contribution >= 4 is 35.1 Å². The Labute approximate surface area is 215 Å². The number of urea groups is 1. The number of amides is 3. The Morgan fingerprint density at radius 1 is 1.08 bits per heavy atom. The van der Waals surface area contributed by atoms with Gasteiger partial charge in [0, 0.05) is 28.4 Å². The molecule has 7 nitrogen and oxygen atoms in total. The Morgan fingerprint density at radius 2 is 1.78 bits per heavy atom. The number of nitrogens with one attached hydrogen (secondary N) is 2. The highest BCUT2D eigenvalue weighted by molar-refractivity contribution is 7.99. The first-order valence-corrected chi connectivity index (χ1v) is 13.0. The van der Waals surface area contributed by atoms with Gasteiger partial charge in [-0.05, 0) is 84.8 Å². The number of carbonyl (C=O) groups excluding carboxylic acids is 2. The van der Waals surface area contributed by atoms with Crippen molar-refractivity contribution in [3.8, 4) is 6.07 Å². The predicted octanol–water partition coefficient (Wildman–Crippen LogP) is 5.40. The van der Waals surface area contributed by atoms with Crippen molar-refractivity contribution in [2.45, 2.75) is 30.7 Å². The smallest absolute Gasteiger partial charge is 0.323 e. The molecule has 1 aliphatic heterocycles. The quantitative estimate of drug-likeness (QED) is 0.359. The molecule has 0 saturated carbocycles. The van der Waals surface area contributed by atoms with E-state index < -0.39 is 0 Å². The first kappa shape index (κ1) is 25.3. The largest absolute Gasteiger partial charge is 0.331 e. The lowest BCUT2D eigenvalue weighted by atomic mass is 9.88. The topological polar surface area (TPSA) is 111 Å². The molecule has 0 fully saturated rings. The third kappa shape index (κ3) is 5.88. The molecule has 3 aromatic rings. The highest BCUT2D eigenvalue weighted by Crippen LogP contribution is 2.34. The molecule has 8 heteroatoms. The van der Waals surface area contributed by atoms with Crippen molar-refractivity contribution in [2.24, 2.45) is 5.73 Å². The molecule has 1 aliphatic rings. The third-order valence-corrected chi connectivity index (χ3v) is 6.99. The molecular formula is C28H29N5O2S. The number of thioether (sulfide) groups is 1. The SMILES string of the molecule is CCSc1ccc(NC(=O)Nc2ccc3c(c2)C(=O)N(CCCN)C(c2ccc(C#N)cc2)C3)cc1. The van der Waals surface area contributed by atoms with Crippen LogP contribution in [0.25, 0.3) is 0 Å². The van der Waals surface area contributed by atoms with E-state index in [0.717, 1.165) is 21.8 Å². The maximum absolute atomic E-state index is 13.5. The molecular weight excluding hydrogens is 470 g/mol. The third-order valence-electron chi connectivity index (χ3n) is 6.10. The Hall–Kier alpha value is -3.80. The summed E-state index contributed by atoms with van der Waals surface area (Å²) in [5.41, 5.74) is 10.1. The minimum Gasteiger partial charge on any atom is -0.331 e. The fraction of sp³-hybridized carbons (Fsp3) is 0.250. The van der Waals surface area contributed by atoms with E-state index in [9.17, 15) is 9.59 Å². The molecule has 1 atom stereocenters. The lowest BCUT2D eigenvalue weighted by molar-refractivity contribution is 0.0646. The van der Waals surface area contributed by atoms with Gasteiger partial charge in [0.2, 0.25) is 0 Å². The summed E-state index contributed by atoms with van der Waals surface area (Å²) in [6, 6.07) is 22.1. The molecule has 4 rings (SSSR count). The highest BCUT2D eigenvalue weighted by atomic mass is 32.2. The van der Waals surface area contributed by atoms with Gasteiger partial charge < -0.3 is 21.3 Å². The molecule has 4 N–H and O–H groups in total. The van der Waals surface area contributed by atoms with Crippen LogP contribution in [-0.4, -0.2) is 35.7 Å². The van der Waals surface area contributed by atoms with Gasteiger partial charge in [-0.2, -0.15) is 5.26 Å². The number of fused-ring (bicyclic) bond motifs is 1. The second kappa shape index (κ2) is 11.8. The molecule has 36 heavy (non-hydrogen) atoms. The van der Waals surface area contributed by atoms with E-state index in [1.54, 1.807) is 30.0 Å². The van der Waals surface area contributed by atoms with Crippen LogP contribution in [0, 0.1) is 11.3 Å².